The number of hydrogen-bond donors (Lipinski definition) is 0. The van der Waals surface area contributed by atoms with Gasteiger partial charge in [0.25, 0.3) is 5.69 Å². The Labute approximate surface area is 139 Å². The lowest BCUT2D eigenvalue weighted by Gasteiger charge is -2.13. The van der Waals surface area contributed by atoms with E-state index in [9.17, 15) is 14.9 Å². The van der Waals surface area contributed by atoms with E-state index in [0.29, 0.717) is 10.5 Å². The van der Waals surface area contributed by atoms with Gasteiger partial charge in [-0.15, -0.1) is 11.3 Å². The van der Waals surface area contributed by atoms with Crippen LogP contribution in [0, 0.1) is 10.1 Å². The number of benzene rings is 1. The summed E-state index contributed by atoms with van der Waals surface area (Å²) < 4.78 is 6.92. The normalized spacial score (nSPS) is 12.3. The fourth-order valence-corrected chi connectivity index (χ4v) is 3.13. The highest BCUT2D eigenvalue weighted by Gasteiger charge is 2.23. The summed E-state index contributed by atoms with van der Waals surface area (Å²) in [6.07, 6.45) is 1.01. The van der Waals surface area contributed by atoms with Crippen molar-refractivity contribution in [3.05, 3.63) is 62.4 Å². The number of nitrogens with zero attached hydrogens (tertiary/aromatic N) is 3. The maximum atomic E-state index is 12.3. The minimum atomic E-state index is -0.664. The van der Waals surface area contributed by atoms with E-state index >= 15 is 0 Å². The molecule has 0 fully saturated rings. The first-order valence-corrected chi connectivity index (χ1v) is 7.79. The first-order chi connectivity index (χ1) is 11.0. The average molecular weight is 352 g/mol. The third kappa shape index (κ3) is 2.90. The Balaban J connectivity index is 1.85. The Morgan fingerprint density at radius 2 is 2.30 bits per heavy atom. The SMILES string of the molecule is C[C@H](OC(=O)c1c(Cl)nc2sccn12)c1cccc([N+](=O)[O-])c1. The minimum absolute atomic E-state index is 0.0620. The summed E-state index contributed by atoms with van der Waals surface area (Å²) in [6.45, 7) is 1.64. The number of halogens is 1. The summed E-state index contributed by atoms with van der Waals surface area (Å²) in [5.41, 5.74) is 0.600. The van der Waals surface area contributed by atoms with Gasteiger partial charge in [0, 0.05) is 23.7 Å². The average Bonchev–Trinajstić information content (AvgIpc) is 3.06. The number of rotatable bonds is 4. The first kappa shape index (κ1) is 15.4. The molecule has 2 aromatic heterocycles. The van der Waals surface area contributed by atoms with Crippen LogP contribution in [0.3, 0.4) is 0 Å². The van der Waals surface area contributed by atoms with Crippen molar-refractivity contribution in [1.82, 2.24) is 9.38 Å². The van der Waals surface area contributed by atoms with Gasteiger partial charge in [0.05, 0.1) is 4.92 Å². The second-order valence-corrected chi connectivity index (χ2v) is 5.94. The number of carbonyl (C=O) groups is 1. The zero-order valence-electron chi connectivity index (χ0n) is 11.8. The van der Waals surface area contributed by atoms with Crippen LogP contribution in [0.15, 0.2) is 35.8 Å². The van der Waals surface area contributed by atoms with Crippen molar-refractivity contribution in [3.8, 4) is 0 Å². The van der Waals surface area contributed by atoms with E-state index in [4.69, 9.17) is 16.3 Å². The molecule has 9 heteroatoms. The number of carbonyl (C=O) groups excluding carboxylic acids is 1. The number of aromatic nitrogens is 2. The first-order valence-electron chi connectivity index (χ1n) is 6.53. The second-order valence-electron chi connectivity index (χ2n) is 4.71. The smallest absolute Gasteiger partial charge is 0.359 e. The van der Waals surface area contributed by atoms with Crippen molar-refractivity contribution in [2.75, 3.05) is 0 Å². The Kier molecular flexibility index (Phi) is 4.01. The number of esters is 1. The minimum Gasteiger partial charge on any atom is -0.453 e. The molecule has 1 aromatic carbocycles. The molecular weight excluding hydrogens is 342 g/mol. The molecule has 0 amide bonds. The molecule has 0 aliphatic heterocycles. The highest BCUT2D eigenvalue weighted by molar-refractivity contribution is 7.15. The summed E-state index contributed by atoms with van der Waals surface area (Å²) in [5, 5.41) is 12.7. The molecule has 3 aromatic rings. The Hall–Kier alpha value is -2.45. The van der Waals surface area contributed by atoms with E-state index in [2.05, 4.69) is 4.98 Å². The van der Waals surface area contributed by atoms with Crippen molar-refractivity contribution < 1.29 is 14.5 Å². The van der Waals surface area contributed by atoms with Crippen molar-refractivity contribution in [1.29, 1.82) is 0 Å². The third-order valence-electron chi connectivity index (χ3n) is 3.25. The van der Waals surface area contributed by atoms with Gasteiger partial charge in [0.1, 0.15) is 6.10 Å². The zero-order chi connectivity index (χ0) is 16.6. The lowest BCUT2D eigenvalue weighted by Crippen LogP contribution is -2.11. The van der Waals surface area contributed by atoms with Crippen LogP contribution < -0.4 is 0 Å². The third-order valence-corrected chi connectivity index (χ3v) is 4.27. The summed E-state index contributed by atoms with van der Waals surface area (Å²) in [7, 11) is 0. The Bertz CT molecular complexity index is 904. The number of hydrogen-bond acceptors (Lipinski definition) is 6. The summed E-state index contributed by atoms with van der Waals surface area (Å²) >= 11 is 7.33. The molecule has 0 spiro atoms. The molecule has 0 aliphatic rings. The molecule has 3 rings (SSSR count). The summed E-state index contributed by atoms with van der Waals surface area (Å²) in [6, 6.07) is 5.95. The van der Waals surface area contributed by atoms with Crippen LogP contribution in [0.2, 0.25) is 5.15 Å². The quantitative estimate of drug-likeness (QED) is 0.404. The molecule has 0 unspecified atom stereocenters. The Morgan fingerprint density at radius 1 is 1.52 bits per heavy atom. The molecule has 118 valence electrons. The van der Waals surface area contributed by atoms with Crippen molar-refractivity contribution in [2.45, 2.75) is 13.0 Å². The second kappa shape index (κ2) is 5.98. The molecule has 0 saturated heterocycles. The molecule has 0 N–H and O–H groups in total. The van der Waals surface area contributed by atoms with Crippen LogP contribution >= 0.6 is 22.9 Å². The summed E-state index contributed by atoms with van der Waals surface area (Å²) in [4.78, 5) is 27.3. The zero-order valence-corrected chi connectivity index (χ0v) is 13.4. The largest absolute Gasteiger partial charge is 0.453 e. The highest BCUT2D eigenvalue weighted by Crippen LogP contribution is 2.26. The van der Waals surface area contributed by atoms with E-state index in [1.54, 1.807) is 35.0 Å². The van der Waals surface area contributed by atoms with Gasteiger partial charge in [-0.3, -0.25) is 14.5 Å². The van der Waals surface area contributed by atoms with Crippen molar-refractivity contribution >= 4 is 39.6 Å². The summed E-state index contributed by atoms with van der Waals surface area (Å²) in [5.74, 6) is -0.639. The van der Waals surface area contributed by atoms with Gasteiger partial charge < -0.3 is 4.74 Å². The maximum Gasteiger partial charge on any atom is 0.359 e. The van der Waals surface area contributed by atoms with Crippen LogP contribution in [-0.4, -0.2) is 20.3 Å². The highest BCUT2D eigenvalue weighted by atomic mass is 35.5. The van der Waals surface area contributed by atoms with E-state index in [1.807, 2.05) is 0 Å². The molecule has 2 heterocycles. The van der Waals surface area contributed by atoms with E-state index in [0.717, 1.165) is 0 Å². The van der Waals surface area contributed by atoms with Crippen LogP contribution in [0.1, 0.15) is 29.1 Å². The predicted molar refractivity (Wildman–Crippen MR) is 85.0 cm³/mol. The van der Waals surface area contributed by atoms with E-state index in [1.165, 1.54) is 23.5 Å². The van der Waals surface area contributed by atoms with Gasteiger partial charge in [0.2, 0.25) is 0 Å². The molecule has 0 saturated carbocycles. The monoisotopic (exact) mass is 351 g/mol. The van der Waals surface area contributed by atoms with Crippen LogP contribution in [0.5, 0.6) is 0 Å². The fraction of sp³-hybridized carbons (Fsp3) is 0.143. The van der Waals surface area contributed by atoms with Crippen LogP contribution in [0.4, 0.5) is 5.69 Å². The molecule has 7 nitrogen and oxygen atoms in total. The van der Waals surface area contributed by atoms with Crippen LogP contribution in [0.25, 0.3) is 4.96 Å². The number of nitro groups is 1. The molecule has 1 atom stereocenters. The van der Waals surface area contributed by atoms with Crippen molar-refractivity contribution in [3.63, 3.8) is 0 Å². The molecule has 0 radical (unpaired) electrons. The van der Waals surface area contributed by atoms with E-state index in [-0.39, 0.29) is 16.5 Å². The molecule has 0 bridgehead atoms. The molecule has 23 heavy (non-hydrogen) atoms. The van der Waals surface area contributed by atoms with Crippen molar-refractivity contribution in [2.24, 2.45) is 0 Å². The van der Waals surface area contributed by atoms with Gasteiger partial charge in [-0.2, -0.15) is 0 Å². The van der Waals surface area contributed by atoms with Crippen LogP contribution in [-0.2, 0) is 4.74 Å². The van der Waals surface area contributed by atoms with Gasteiger partial charge >= 0.3 is 5.97 Å². The number of non-ortho nitro benzene ring substituents is 1. The van der Waals surface area contributed by atoms with Gasteiger partial charge in [-0.05, 0) is 12.5 Å². The Morgan fingerprint density at radius 3 is 3.04 bits per heavy atom. The predicted octanol–water partition coefficient (Wildman–Crippen LogP) is 3.88. The maximum absolute atomic E-state index is 12.3. The lowest BCUT2D eigenvalue weighted by atomic mass is 10.1. The lowest BCUT2D eigenvalue weighted by molar-refractivity contribution is -0.385. The molecular formula is C14H10ClN3O4S. The molecule has 0 aliphatic carbocycles. The number of fused-ring (bicyclic) bond motifs is 1. The number of imidazole rings is 1. The van der Waals surface area contributed by atoms with E-state index < -0.39 is 17.0 Å². The standard InChI is InChI=1S/C14H10ClN3O4S/c1-8(9-3-2-4-10(7-9)18(20)21)22-13(19)11-12(15)16-14-17(11)5-6-23-14/h2-8H,1H3/t8-/m0/s1. The van der Waals surface area contributed by atoms with Gasteiger partial charge in [-0.1, -0.05) is 23.7 Å². The number of ether oxygens (including phenoxy) is 1. The number of thiazole rings is 1. The van der Waals surface area contributed by atoms with Gasteiger partial charge in [-0.25, -0.2) is 9.78 Å². The number of nitro benzene ring substituents is 1. The van der Waals surface area contributed by atoms with Gasteiger partial charge in [0.15, 0.2) is 15.8 Å². The topological polar surface area (TPSA) is 86.7 Å². The fourth-order valence-electron chi connectivity index (χ4n) is 2.12.